The van der Waals surface area contributed by atoms with Crippen LogP contribution in [0.4, 0.5) is 5.69 Å². The number of amides is 1. The molecule has 0 fully saturated rings. The fourth-order valence-corrected chi connectivity index (χ4v) is 4.26. The van der Waals surface area contributed by atoms with Gasteiger partial charge in [-0.1, -0.05) is 76.6 Å². The van der Waals surface area contributed by atoms with Gasteiger partial charge in [0.15, 0.2) is 0 Å². The number of nitrogens with one attached hydrogen (secondary N) is 1. The lowest BCUT2D eigenvalue weighted by atomic mass is 10.0. The molecule has 0 radical (unpaired) electrons. The van der Waals surface area contributed by atoms with Crippen molar-refractivity contribution in [3.05, 3.63) is 129 Å². The van der Waals surface area contributed by atoms with Gasteiger partial charge in [0.05, 0.1) is 6.61 Å². The third-order valence-electron chi connectivity index (χ3n) is 5.77. The minimum Gasteiger partial charge on any atom is -0.494 e. The highest BCUT2D eigenvalue weighted by atomic mass is 79.9. The van der Waals surface area contributed by atoms with Crippen LogP contribution in [0.5, 0.6) is 11.5 Å². The van der Waals surface area contributed by atoms with Crippen molar-refractivity contribution in [1.82, 2.24) is 0 Å². The van der Waals surface area contributed by atoms with Gasteiger partial charge in [0.2, 0.25) is 0 Å². The van der Waals surface area contributed by atoms with Crippen molar-refractivity contribution in [3.63, 3.8) is 0 Å². The zero-order chi connectivity index (χ0) is 26.7. The van der Waals surface area contributed by atoms with Crippen LogP contribution < -0.4 is 14.8 Å². The van der Waals surface area contributed by atoms with Gasteiger partial charge in [-0.05, 0) is 71.7 Å². The molecule has 0 atom stereocenters. The van der Waals surface area contributed by atoms with E-state index in [-0.39, 0.29) is 5.57 Å². The van der Waals surface area contributed by atoms with Crippen molar-refractivity contribution < 1.29 is 14.3 Å². The predicted octanol–water partition coefficient (Wildman–Crippen LogP) is 7.56. The van der Waals surface area contributed by atoms with Gasteiger partial charge in [0.1, 0.15) is 29.7 Å². The van der Waals surface area contributed by atoms with E-state index in [1.165, 1.54) is 0 Å². The molecule has 0 saturated heterocycles. The molecule has 6 heteroatoms. The Morgan fingerprint density at radius 2 is 1.66 bits per heavy atom. The first kappa shape index (κ1) is 26.7. The summed E-state index contributed by atoms with van der Waals surface area (Å²) in [5.74, 6) is 0.926. The first-order chi connectivity index (χ1) is 18.6. The minimum absolute atomic E-state index is 0.00425. The molecule has 1 amide bonds. The van der Waals surface area contributed by atoms with E-state index in [1.807, 2.05) is 79.7 Å². The Balaban J connectivity index is 1.44. The lowest BCUT2D eigenvalue weighted by molar-refractivity contribution is -0.112. The third kappa shape index (κ3) is 7.34. The van der Waals surface area contributed by atoms with E-state index in [4.69, 9.17) is 9.47 Å². The number of nitrogens with zero attached hydrogens (tertiary/aromatic N) is 1. The van der Waals surface area contributed by atoms with Crippen LogP contribution in [0, 0.1) is 11.3 Å². The molecule has 4 rings (SSSR count). The number of anilines is 1. The Morgan fingerprint density at radius 3 is 2.37 bits per heavy atom. The van der Waals surface area contributed by atoms with E-state index in [0.717, 1.165) is 26.9 Å². The van der Waals surface area contributed by atoms with Gasteiger partial charge in [0.25, 0.3) is 5.91 Å². The SMILES string of the molecule is CCOc1cc(/C=C(\C#N)C(=O)Nc2ccc(OCc3ccccc3)cc2)ccc1Cc1ccccc1Br. The van der Waals surface area contributed by atoms with E-state index in [0.29, 0.717) is 36.6 Å². The van der Waals surface area contributed by atoms with Gasteiger partial charge < -0.3 is 14.8 Å². The summed E-state index contributed by atoms with van der Waals surface area (Å²) >= 11 is 3.60. The van der Waals surface area contributed by atoms with Crippen LogP contribution in [0.3, 0.4) is 0 Å². The van der Waals surface area contributed by atoms with Crippen LogP contribution >= 0.6 is 15.9 Å². The molecular formula is C32H27BrN2O3. The molecule has 38 heavy (non-hydrogen) atoms. The second kappa shape index (κ2) is 13.3. The number of carbonyl (C=O) groups excluding carboxylic acids is 1. The highest BCUT2D eigenvalue weighted by Gasteiger charge is 2.12. The summed E-state index contributed by atoms with van der Waals surface area (Å²) in [7, 11) is 0. The molecular weight excluding hydrogens is 540 g/mol. The van der Waals surface area contributed by atoms with Crippen LogP contribution in [-0.4, -0.2) is 12.5 Å². The lowest BCUT2D eigenvalue weighted by Crippen LogP contribution is -2.13. The summed E-state index contributed by atoms with van der Waals surface area (Å²) in [6.07, 6.45) is 2.26. The molecule has 5 nitrogen and oxygen atoms in total. The van der Waals surface area contributed by atoms with Gasteiger partial charge in [0, 0.05) is 16.6 Å². The van der Waals surface area contributed by atoms with E-state index >= 15 is 0 Å². The smallest absolute Gasteiger partial charge is 0.266 e. The second-order valence-electron chi connectivity index (χ2n) is 8.49. The zero-order valence-corrected chi connectivity index (χ0v) is 22.6. The molecule has 0 aliphatic rings. The Morgan fingerprint density at radius 1 is 0.921 bits per heavy atom. The Hall–Kier alpha value is -4.34. The van der Waals surface area contributed by atoms with E-state index < -0.39 is 5.91 Å². The maximum Gasteiger partial charge on any atom is 0.266 e. The van der Waals surface area contributed by atoms with Crippen LogP contribution in [0.2, 0.25) is 0 Å². The van der Waals surface area contributed by atoms with Crippen LogP contribution in [0.15, 0.2) is 107 Å². The van der Waals surface area contributed by atoms with Crippen molar-refractivity contribution in [1.29, 1.82) is 5.26 Å². The highest BCUT2D eigenvalue weighted by Crippen LogP contribution is 2.28. The van der Waals surface area contributed by atoms with Gasteiger partial charge in [-0.15, -0.1) is 0 Å². The van der Waals surface area contributed by atoms with Crippen molar-refractivity contribution in [3.8, 4) is 17.6 Å². The number of halogens is 1. The van der Waals surface area contributed by atoms with Gasteiger partial charge in [-0.3, -0.25) is 4.79 Å². The Labute approximate surface area is 231 Å². The molecule has 4 aromatic rings. The standard InChI is InChI=1S/C32H27BrN2O3/c1-2-37-31-19-24(12-13-26(31)20-25-10-6-7-11-30(25)33)18-27(21-34)32(36)35-28-14-16-29(17-15-28)38-22-23-8-4-3-5-9-23/h3-19H,2,20,22H2,1H3,(H,35,36)/b27-18+. The zero-order valence-electron chi connectivity index (χ0n) is 21.0. The van der Waals surface area contributed by atoms with Gasteiger partial charge in [-0.25, -0.2) is 0 Å². The summed E-state index contributed by atoms with van der Waals surface area (Å²) in [4.78, 5) is 12.8. The molecule has 0 unspecified atom stereocenters. The van der Waals surface area contributed by atoms with E-state index in [2.05, 4.69) is 27.3 Å². The number of benzene rings is 4. The predicted molar refractivity (Wildman–Crippen MR) is 154 cm³/mol. The average molecular weight is 567 g/mol. The lowest BCUT2D eigenvalue weighted by Gasteiger charge is -2.12. The van der Waals surface area contributed by atoms with Gasteiger partial charge in [-0.2, -0.15) is 5.26 Å². The number of rotatable bonds is 10. The summed E-state index contributed by atoms with van der Waals surface area (Å²) in [5.41, 5.74) is 4.51. The molecule has 4 aromatic carbocycles. The molecule has 0 bridgehead atoms. The fraction of sp³-hybridized carbons (Fsp3) is 0.125. The summed E-state index contributed by atoms with van der Waals surface area (Å²) < 4.78 is 12.7. The average Bonchev–Trinajstić information content (AvgIpc) is 2.94. The van der Waals surface area contributed by atoms with Crippen molar-refractivity contribution in [2.24, 2.45) is 0 Å². The quantitative estimate of drug-likeness (QED) is 0.159. The molecule has 0 aliphatic carbocycles. The largest absolute Gasteiger partial charge is 0.494 e. The third-order valence-corrected chi connectivity index (χ3v) is 6.54. The summed E-state index contributed by atoms with van der Waals surface area (Å²) in [6.45, 7) is 2.89. The van der Waals surface area contributed by atoms with E-state index in [9.17, 15) is 10.1 Å². The first-order valence-corrected chi connectivity index (χ1v) is 13.0. The topological polar surface area (TPSA) is 71.3 Å². The molecule has 0 saturated carbocycles. The van der Waals surface area contributed by atoms with Gasteiger partial charge >= 0.3 is 0 Å². The molecule has 0 spiro atoms. The molecule has 190 valence electrons. The minimum atomic E-state index is -0.485. The maximum absolute atomic E-state index is 12.8. The number of ether oxygens (including phenoxy) is 2. The van der Waals surface area contributed by atoms with E-state index in [1.54, 1.807) is 30.3 Å². The monoisotopic (exact) mass is 566 g/mol. The fourth-order valence-electron chi connectivity index (χ4n) is 3.83. The van der Waals surface area contributed by atoms with Crippen LogP contribution in [-0.2, 0) is 17.8 Å². The first-order valence-electron chi connectivity index (χ1n) is 12.2. The number of hydrogen-bond acceptors (Lipinski definition) is 4. The van der Waals surface area contributed by atoms with Crippen molar-refractivity contribution >= 4 is 33.6 Å². The van der Waals surface area contributed by atoms with Crippen molar-refractivity contribution in [2.45, 2.75) is 20.0 Å². The number of carbonyl (C=O) groups is 1. The molecule has 1 N–H and O–H groups in total. The molecule has 0 heterocycles. The number of nitriles is 1. The normalized spacial score (nSPS) is 10.9. The van der Waals surface area contributed by atoms with Crippen LogP contribution in [0.25, 0.3) is 6.08 Å². The Bertz CT molecular complexity index is 1460. The number of hydrogen-bond donors (Lipinski definition) is 1. The molecule has 0 aromatic heterocycles. The second-order valence-corrected chi connectivity index (χ2v) is 9.35. The maximum atomic E-state index is 12.8. The van der Waals surface area contributed by atoms with Crippen LogP contribution in [0.1, 0.15) is 29.2 Å². The van der Waals surface area contributed by atoms with Crippen molar-refractivity contribution in [2.75, 3.05) is 11.9 Å². The summed E-state index contributed by atoms with van der Waals surface area (Å²) in [5, 5.41) is 12.5. The highest BCUT2D eigenvalue weighted by molar-refractivity contribution is 9.10. The Kier molecular flexibility index (Phi) is 9.33. The molecule has 0 aliphatic heterocycles. The summed E-state index contributed by atoms with van der Waals surface area (Å²) in [6, 6.07) is 32.7.